The Morgan fingerprint density at radius 2 is 1.29 bits per heavy atom. The first kappa shape index (κ1) is 10.9. The molecule has 0 aliphatic heterocycles. The summed E-state index contributed by atoms with van der Waals surface area (Å²) in [5.74, 6) is -4.80. The molecule has 0 amide bonds. The summed E-state index contributed by atoms with van der Waals surface area (Å²) in [5.41, 5.74) is -0.691. The van der Waals surface area contributed by atoms with Gasteiger partial charge in [-0.05, 0) is 12.5 Å². The van der Waals surface area contributed by atoms with Gasteiger partial charge in [0.2, 0.25) is 0 Å². The van der Waals surface area contributed by atoms with Crippen LogP contribution >= 0.6 is 0 Å². The molecule has 0 fully saturated rings. The molecular formula is C9H6F5. The molecule has 0 unspecified atom stereocenters. The Morgan fingerprint density at radius 3 is 1.64 bits per heavy atom. The minimum absolute atomic E-state index is 0.381. The van der Waals surface area contributed by atoms with Gasteiger partial charge in [-0.25, -0.2) is 0 Å². The van der Waals surface area contributed by atoms with Crippen LogP contribution < -0.4 is 0 Å². The van der Waals surface area contributed by atoms with Crippen molar-refractivity contribution in [1.29, 1.82) is 0 Å². The molecule has 5 heteroatoms. The van der Waals surface area contributed by atoms with Crippen LogP contribution in [0.25, 0.3) is 0 Å². The fourth-order valence-corrected chi connectivity index (χ4v) is 0.878. The average molecular weight is 209 g/mol. The molecular weight excluding hydrogens is 203 g/mol. The minimum Gasteiger partial charge on any atom is -0.191 e. The monoisotopic (exact) mass is 209 g/mol. The molecule has 0 N–H and O–H groups in total. The van der Waals surface area contributed by atoms with Crippen molar-refractivity contribution in [2.45, 2.75) is 12.1 Å². The van der Waals surface area contributed by atoms with Crippen LogP contribution in [0, 0.1) is 6.92 Å². The number of benzene rings is 1. The van der Waals surface area contributed by atoms with E-state index in [1.54, 1.807) is 0 Å². The molecule has 0 saturated carbocycles. The molecule has 0 nitrogen and oxygen atoms in total. The van der Waals surface area contributed by atoms with E-state index in [1.165, 1.54) is 0 Å². The van der Waals surface area contributed by atoms with Crippen LogP contribution in [0.4, 0.5) is 22.0 Å². The molecule has 0 atom stereocenters. The number of hydrogen-bond acceptors (Lipinski definition) is 0. The van der Waals surface area contributed by atoms with Crippen LogP contribution in [-0.2, 0) is 5.92 Å². The maximum Gasteiger partial charge on any atom is 0.458 e. The van der Waals surface area contributed by atoms with Gasteiger partial charge in [0.1, 0.15) is 0 Å². The van der Waals surface area contributed by atoms with Crippen molar-refractivity contribution in [3.63, 3.8) is 0 Å². The van der Waals surface area contributed by atoms with Gasteiger partial charge in [-0.1, -0.05) is 24.3 Å². The lowest BCUT2D eigenvalue weighted by molar-refractivity contribution is -0.289. The van der Waals surface area contributed by atoms with Crippen LogP contribution in [0.2, 0.25) is 0 Å². The summed E-state index contributed by atoms with van der Waals surface area (Å²) in [6.45, 7) is 3.38. The quantitative estimate of drug-likeness (QED) is 0.620. The number of halogens is 5. The van der Waals surface area contributed by atoms with Crippen LogP contribution in [0.1, 0.15) is 11.1 Å². The summed E-state index contributed by atoms with van der Waals surface area (Å²) in [6.07, 6.45) is -5.56. The topological polar surface area (TPSA) is 0 Å². The van der Waals surface area contributed by atoms with E-state index < -0.39 is 17.7 Å². The second-order valence-corrected chi connectivity index (χ2v) is 2.77. The maximum absolute atomic E-state index is 12.6. The first-order valence-electron chi connectivity index (χ1n) is 3.62. The van der Waals surface area contributed by atoms with E-state index in [1.807, 2.05) is 0 Å². The zero-order valence-electron chi connectivity index (χ0n) is 6.91. The Balaban J connectivity index is 3.10. The summed E-state index contributed by atoms with van der Waals surface area (Å²) in [7, 11) is 0. The Bertz CT molecular complexity index is 309. The van der Waals surface area contributed by atoms with Crippen LogP contribution in [0.3, 0.4) is 0 Å². The van der Waals surface area contributed by atoms with Gasteiger partial charge in [0.05, 0.1) is 0 Å². The third-order valence-electron chi connectivity index (χ3n) is 1.67. The van der Waals surface area contributed by atoms with Gasteiger partial charge in [0.25, 0.3) is 0 Å². The van der Waals surface area contributed by atoms with Crippen LogP contribution in [-0.4, -0.2) is 6.18 Å². The van der Waals surface area contributed by atoms with E-state index in [2.05, 4.69) is 6.92 Å². The van der Waals surface area contributed by atoms with Crippen molar-refractivity contribution in [3.8, 4) is 0 Å². The highest BCUT2D eigenvalue weighted by molar-refractivity contribution is 5.28. The smallest absolute Gasteiger partial charge is 0.191 e. The summed E-state index contributed by atoms with van der Waals surface area (Å²) in [5, 5.41) is 0. The minimum atomic E-state index is -5.56. The fraction of sp³-hybridized carbons (Fsp3) is 0.222. The molecule has 0 aromatic heterocycles. The molecule has 0 bridgehead atoms. The fourth-order valence-electron chi connectivity index (χ4n) is 0.878. The summed E-state index contributed by atoms with van der Waals surface area (Å²) in [6, 6.07) is 3.65. The summed E-state index contributed by atoms with van der Waals surface area (Å²) < 4.78 is 60.9. The second kappa shape index (κ2) is 3.22. The van der Waals surface area contributed by atoms with Crippen molar-refractivity contribution in [3.05, 3.63) is 42.3 Å². The van der Waals surface area contributed by atoms with Crippen molar-refractivity contribution in [1.82, 2.24) is 0 Å². The maximum atomic E-state index is 12.6. The highest BCUT2D eigenvalue weighted by Crippen LogP contribution is 2.43. The number of rotatable bonds is 1. The Kier molecular flexibility index (Phi) is 2.52. The molecule has 14 heavy (non-hydrogen) atoms. The van der Waals surface area contributed by atoms with Crippen LogP contribution in [0.15, 0.2) is 24.3 Å². The van der Waals surface area contributed by atoms with E-state index in [9.17, 15) is 22.0 Å². The third-order valence-corrected chi connectivity index (χ3v) is 1.67. The van der Waals surface area contributed by atoms with Crippen molar-refractivity contribution < 1.29 is 22.0 Å². The largest absolute Gasteiger partial charge is 0.458 e. The van der Waals surface area contributed by atoms with Crippen LogP contribution in [0.5, 0.6) is 0 Å². The molecule has 1 aromatic rings. The normalized spacial score (nSPS) is 13.0. The van der Waals surface area contributed by atoms with E-state index in [0.717, 1.165) is 24.3 Å². The van der Waals surface area contributed by atoms with Gasteiger partial charge in [-0.2, -0.15) is 22.0 Å². The third kappa shape index (κ3) is 1.86. The predicted molar refractivity (Wildman–Crippen MR) is 40.9 cm³/mol. The highest BCUT2D eigenvalue weighted by Gasteiger charge is 2.58. The summed E-state index contributed by atoms with van der Waals surface area (Å²) >= 11 is 0. The average Bonchev–Trinajstić information content (AvgIpc) is 2.03. The van der Waals surface area contributed by atoms with Crippen molar-refractivity contribution >= 4 is 0 Å². The van der Waals surface area contributed by atoms with Crippen molar-refractivity contribution in [2.24, 2.45) is 0 Å². The molecule has 1 radical (unpaired) electrons. The van der Waals surface area contributed by atoms with E-state index in [0.29, 0.717) is 5.56 Å². The molecule has 0 aliphatic rings. The molecule has 0 spiro atoms. The SMILES string of the molecule is [CH2]c1ccc(C(F)(F)C(F)(F)F)cc1. The number of alkyl halides is 5. The van der Waals surface area contributed by atoms with E-state index in [-0.39, 0.29) is 0 Å². The molecule has 0 aliphatic carbocycles. The molecule has 0 saturated heterocycles. The van der Waals surface area contributed by atoms with Crippen molar-refractivity contribution in [2.75, 3.05) is 0 Å². The van der Waals surface area contributed by atoms with Gasteiger partial charge in [-0.3, -0.25) is 0 Å². The highest BCUT2D eigenvalue weighted by atomic mass is 19.4. The Morgan fingerprint density at radius 1 is 0.857 bits per heavy atom. The zero-order valence-corrected chi connectivity index (χ0v) is 6.91. The van der Waals surface area contributed by atoms with Gasteiger partial charge >= 0.3 is 12.1 Å². The lowest BCUT2D eigenvalue weighted by Crippen LogP contribution is -2.33. The first-order valence-corrected chi connectivity index (χ1v) is 3.62. The van der Waals surface area contributed by atoms with Gasteiger partial charge < -0.3 is 0 Å². The van der Waals surface area contributed by atoms with Gasteiger partial charge in [-0.15, -0.1) is 0 Å². The zero-order chi connectivity index (χ0) is 11.0. The Labute approximate surface area is 77.4 Å². The lowest BCUT2D eigenvalue weighted by atomic mass is 10.1. The standard InChI is InChI=1S/C9H6F5/c1-6-2-4-7(5-3-6)8(10,11)9(12,13)14/h2-5H,1H2. The van der Waals surface area contributed by atoms with Gasteiger partial charge in [0, 0.05) is 5.56 Å². The summed E-state index contributed by atoms with van der Waals surface area (Å²) in [4.78, 5) is 0. The lowest BCUT2D eigenvalue weighted by Gasteiger charge is -2.19. The first-order chi connectivity index (χ1) is 6.25. The van der Waals surface area contributed by atoms with E-state index >= 15 is 0 Å². The predicted octanol–water partition coefficient (Wildman–Crippen LogP) is 3.52. The number of hydrogen-bond donors (Lipinski definition) is 0. The van der Waals surface area contributed by atoms with E-state index in [4.69, 9.17) is 0 Å². The molecule has 0 heterocycles. The molecule has 1 aromatic carbocycles. The second-order valence-electron chi connectivity index (χ2n) is 2.77. The molecule has 1 rings (SSSR count). The van der Waals surface area contributed by atoms with Gasteiger partial charge in [0.15, 0.2) is 0 Å². The molecule has 77 valence electrons. The Hall–Kier alpha value is -1.13.